The average molecular weight is 311 g/mol. The highest BCUT2D eigenvalue weighted by molar-refractivity contribution is 7.99. The number of aliphatic hydroxyl groups excluding tert-OH is 1. The van der Waals surface area contributed by atoms with Gasteiger partial charge in [0.1, 0.15) is 0 Å². The molecule has 7 heteroatoms. The van der Waals surface area contributed by atoms with Gasteiger partial charge in [0, 0.05) is 22.8 Å². The van der Waals surface area contributed by atoms with Crippen LogP contribution in [0.3, 0.4) is 0 Å². The molecule has 114 valence electrons. The van der Waals surface area contributed by atoms with Gasteiger partial charge in [-0.2, -0.15) is 0 Å². The first-order chi connectivity index (χ1) is 9.99. The van der Waals surface area contributed by atoms with Crippen molar-refractivity contribution in [1.29, 1.82) is 0 Å². The van der Waals surface area contributed by atoms with E-state index in [1.54, 1.807) is 6.07 Å². The molecular weight excluding hydrogens is 294 g/mol. The number of non-ortho nitro benzene ring substituents is 1. The molecule has 0 bridgehead atoms. The summed E-state index contributed by atoms with van der Waals surface area (Å²) in [7, 11) is 1.38. The van der Waals surface area contributed by atoms with E-state index in [1.807, 2.05) is 0 Å². The smallest absolute Gasteiger partial charge is 0.306 e. The Balaban J connectivity index is 2.03. The first kappa shape index (κ1) is 15.8. The molecule has 1 aromatic carbocycles. The van der Waals surface area contributed by atoms with Gasteiger partial charge >= 0.3 is 5.97 Å². The van der Waals surface area contributed by atoms with E-state index >= 15 is 0 Å². The number of hydrogen-bond acceptors (Lipinski definition) is 6. The fraction of sp³-hybridized carbons (Fsp3) is 0.500. The number of ether oxygens (including phenoxy) is 1. The van der Waals surface area contributed by atoms with Crippen LogP contribution in [0.4, 0.5) is 5.69 Å². The predicted molar refractivity (Wildman–Crippen MR) is 78.0 cm³/mol. The van der Waals surface area contributed by atoms with Gasteiger partial charge in [-0.05, 0) is 29.9 Å². The van der Waals surface area contributed by atoms with Gasteiger partial charge in [0.05, 0.1) is 25.1 Å². The lowest BCUT2D eigenvalue weighted by atomic mass is 10.1. The number of aliphatic hydroxyl groups is 1. The van der Waals surface area contributed by atoms with Crippen LogP contribution < -0.4 is 0 Å². The largest absolute Gasteiger partial charge is 0.469 e. The van der Waals surface area contributed by atoms with Gasteiger partial charge in [0.25, 0.3) is 5.69 Å². The normalized spacial score (nSPS) is 15.5. The molecule has 1 N–H and O–H groups in total. The van der Waals surface area contributed by atoms with Crippen molar-refractivity contribution in [2.75, 3.05) is 12.9 Å². The lowest BCUT2D eigenvalue weighted by Gasteiger charge is -2.14. The lowest BCUT2D eigenvalue weighted by molar-refractivity contribution is -0.385. The predicted octanol–water partition coefficient (Wildman–Crippen LogP) is 2.52. The van der Waals surface area contributed by atoms with Crippen LogP contribution >= 0.6 is 11.8 Å². The minimum atomic E-state index is -0.479. The molecule has 0 spiro atoms. The maximum Gasteiger partial charge on any atom is 0.306 e. The monoisotopic (exact) mass is 311 g/mol. The molecule has 1 aliphatic rings. The average Bonchev–Trinajstić information content (AvgIpc) is 3.24. The van der Waals surface area contributed by atoms with Crippen molar-refractivity contribution in [1.82, 2.24) is 0 Å². The van der Waals surface area contributed by atoms with Gasteiger partial charge in [0.2, 0.25) is 0 Å². The van der Waals surface area contributed by atoms with E-state index in [9.17, 15) is 20.0 Å². The summed E-state index contributed by atoms with van der Waals surface area (Å²) in [6, 6.07) is 4.48. The maximum absolute atomic E-state index is 11.4. The van der Waals surface area contributed by atoms with Crippen LogP contribution in [0, 0.1) is 15.5 Å². The zero-order valence-corrected chi connectivity index (χ0v) is 12.5. The molecule has 0 heterocycles. The third kappa shape index (κ3) is 3.95. The summed E-state index contributed by atoms with van der Waals surface area (Å²) in [5.41, 5.74) is 0.494. The van der Waals surface area contributed by atoms with Gasteiger partial charge in [-0.3, -0.25) is 14.9 Å². The molecule has 0 unspecified atom stereocenters. The molecule has 1 saturated carbocycles. The number of methoxy groups -OCH3 is 1. The van der Waals surface area contributed by atoms with Crippen molar-refractivity contribution in [2.24, 2.45) is 5.41 Å². The summed E-state index contributed by atoms with van der Waals surface area (Å²) in [6.07, 6.45) is 2.37. The van der Waals surface area contributed by atoms with Crippen LogP contribution in [0.1, 0.15) is 24.8 Å². The van der Waals surface area contributed by atoms with Crippen LogP contribution in [0.5, 0.6) is 0 Å². The number of carbonyl (C=O) groups excluding carboxylic acids is 1. The number of hydrogen-bond donors (Lipinski definition) is 1. The molecule has 0 aromatic heterocycles. The van der Waals surface area contributed by atoms with E-state index in [-0.39, 0.29) is 23.7 Å². The fourth-order valence-electron chi connectivity index (χ4n) is 2.10. The third-order valence-electron chi connectivity index (χ3n) is 3.66. The summed E-state index contributed by atoms with van der Waals surface area (Å²) in [6.45, 7) is -0.242. The molecule has 0 atom stereocenters. The zero-order chi connectivity index (χ0) is 15.5. The van der Waals surface area contributed by atoms with Crippen molar-refractivity contribution in [2.45, 2.75) is 30.8 Å². The Morgan fingerprint density at radius 1 is 1.52 bits per heavy atom. The molecule has 1 aliphatic carbocycles. The molecule has 0 aliphatic heterocycles. The number of nitrogens with zero attached hydrogens (tertiary/aromatic N) is 1. The van der Waals surface area contributed by atoms with Gasteiger partial charge in [0.15, 0.2) is 0 Å². The van der Waals surface area contributed by atoms with Crippen molar-refractivity contribution in [3.63, 3.8) is 0 Å². The quantitative estimate of drug-likeness (QED) is 0.360. The second-order valence-corrected chi connectivity index (χ2v) is 6.27. The molecule has 6 nitrogen and oxygen atoms in total. The summed E-state index contributed by atoms with van der Waals surface area (Å²) in [5.74, 6) is 0.534. The van der Waals surface area contributed by atoms with E-state index in [2.05, 4.69) is 0 Å². The van der Waals surface area contributed by atoms with E-state index in [1.165, 1.54) is 31.0 Å². The number of rotatable bonds is 7. The highest BCUT2D eigenvalue weighted by atomic mass is 32.2. The Morgan fingerprint density at radius 3 is 2.76 bits per heavy atom. The summed E-state index contributed by atoms with van der Waals surface area (Å²) >= 11 is 1.52. The highest BCUT2D eigenvalue weighted by Crippen LogP contribution is 2.52. The van der Waals surface area contributed by atoms with Crippen molar-refractivity contribution in [3.8, 4) is 0 Å². The standard InChI is InChI=1S/C14H17NO5S/c1-20-13(17)7-14(4-5-14)9-21-12-3-2-11(15(18)19)6-10(12)8-16/h2-3,6,16H,4-5,7-9H2,1H3. The van der Waals surface area contributed by atoms with Crippen LogP contribution in [-0.4, -0.2) is 28.9 Å². The van der Waals surface area contributed by atoms with Crippen molar-refractivity contribution in [3.05, 3.63) is 33.9 Å². The minimum absolute atomic E-state index is 0.0216. The minimum Gasteiger partial charge on any atom is -0.469 e. The van der Waals surface area contributed by atoms with Crippen LogP contribution in [0.25, 0.3) is 0 Å². The first-order valence-electron chi connectivity index (χ1n) is 6.57. The van der Waals surface area contributed by atoms with Gasteiger partial charge in [-0.1, -0.05) is 0 Å². The second kappa shape index (κ2) is 6.44. The van der Waals surface area contributed by atoms with E-state index in [0.717, 1.165) is 23.5 Å². The van der Waals surface area contributed by atoms with Crippen molar-refractivity contribution < 1.29 is 19.6 Å². The van der Waals surface area contributed by atoms with Gasteiger partial charge in [-0.15, -0.1) is 11.8 Å². The SMILES string of the molecule is COC(=O)CC1(CSc2ccc([N+](=O)[O-])cc2CO)CC1. The summed E-state index contributed by atoms with van der Waals surface area (Å²) < 4.78 is 4.70. The van der Waals surface area contributed by atoms with Crippen molar-refractivity contribution >= 4 is 23.4 Å². The van der Waals surface area contributed by atoms with Gasteiger partial charge in [-0.25, -0.2) is 0 Å². The lowest BCUT2D eigenvalue weighted by Crippen LogP contribution is -2.13. The second-order valence-electron chi connectivity index (χ2n) is 5.25. The molecular formula is C14H17NO5S. The van der Waals surface area contributed by atoms with E-state index in [4.69, 9.17) is 4.74 Å². The number of thioether (sulfide) groups is 1. The van der Waals surface area contributed by atoms with E-state index < -0.39 is 4.92 Å². The molecule has 0 radical (unpaired) electrons. The Labute approximate surface area is 126 Å². The molecule has 0 saturated heterocycles. The Hall–Kier alpha value is -1.60. The molecule has 1 aromatic rings. The summed E-state index contributed by atoms with van der Waals surface area (Å²) in [5, 5.41) is 20.1. The Kier molecular flexibility index (Phi) is 4.84. The number of carbonyl (C=O) groups is 1. The van der Waals surface area contributed by atoms with E-state index in [0.29, 0.717) is 12.0 Å². The highest BCUT2D eigenvalue weighted by Gasteiger charge is 2.44. The Bertz CT molecular complexity index is 556. The number of nitro benzene ring substituents is 1. The molecule has 2 rings (SSSR count). The number of esters is 1. The first-order valence-corrected chi connectivity index (χ1v) is 7.56. The number of benzene rings is 1. The maximum atomic E-state index is 11.4. The topological polar surface area (TPSA) is 89.7 Å². The van der Waals surface area contributed by atoms with Crippen LogP contribution in [0.15, 0.2) is 23.1 Å². The third-order valence-corrected chi connectivity index (χ3v) is 5.13. The molecule has 21 heavy (non-hydrogen) atoms. The zero-order valence-electron chi connectivity index (χ0n) is 11.7. The summed E-state index contributed by atoms with van der Waals surface area (Å²) in [4.78, 5) is 22.4. The Morgan fingerprint density at radius 2 is 2.24 bits per heavy atom. The van der Waals surface area contributed by atoms with Crippen LogP contribution in [0.2, 0.25) is 0 Å². The van der Waals surface area contributed by atoms with Gasteiger partial charge < -0.3 is 9.84 Å². The van der Waals surface area contributed by atoms with Crippen LogP contribution in [-0.2, 0) is 16.1 Å². The fourth-order valence-corrected chi connectivity index (χ4v) is 3.43. The number of nitro groups is 1. The molecule has 1 fully saturated rings. The molecule has 0 amide bonds.